The summed E-state index contributed by atoms with van der Waals surface area (Å²) in [6.45, 7) is 0. The monoisotopic (exact) mass is 490 g/mol. The molecule has 0 fully saturated rings. The van der Waals surface area contributed by atoms with Crippen LogP contribution < -0.4 is 10.6 Å². The highest BCUT2D eigenvalue weighted by atomic mass is 127. The molecule has 0 spiro atoms. The molecule has 0 aliphatic carbocycles. The van der Waals surface area contributed by atoms with Crippen LogP contribution in [0.4, 0.5) is 36.3 Å². The van der Waals surface area contributed by atoms with Gasteiger partial charge >= 0.3 is 6.18 Å². The normalized spacial score (nSPS) is 11.3. The van der Waals surface area contributed by atoms with Crippen LogP contribution in [0.15, 0.2) is 54.7 Å². The lowest BCUT2D eigenvalue weighted by Crippen LogP contribution is -2.12. The fraction of sp³-hybridized carbons (Fsp3) is 0.0588. The number of nitrogens with zero attached hydrogens (tertiary/aromatic N) is 2. The number of rotatable bonds is 4. The summed E-state index contributed by atoms with van der Waals surface area (Å²) in [4.78, 5) is 7.76. The van der Waals surface area contributed by atoms with Gasteiger partial charge in [0.1, 0.15) is 11.4 Å². The van der Waals surface area contributed by atoms with E-state index in [4.69, 9.17) is 11.6 Å². The molecule has 0 saturated heterocycles. The van der Waals surface area contributed by atoms with E-state index in [0.29, 0.717) is 16.4 Å². The molecule has 0 unspecified atom stereocenters. The Morgan fingerprint density at radius 1 is 0.962 bits per heavy atom. The molecule has 0 amide bonds. The Balaban J connectivity index is 1.94. The van der Waals surface area contributed by atoms with Crippen molar-refractivity contribution >= 4 is 57.3 Å². The van der Waals surface area contributed by atoms with Crippen molar-refractivity contribution in [1.29, 1.82) is 0 Å². The number of hydrogen-bond acceptors (Lipinski definition) is 4. The summed E-state index contributed by atoms with van der Waals surface area (Å²) in [5.41, 5.74) is 0.158. The molecule has 2 aromatic carbocycles. The van der Waals surface area contributed by atoms with Crippen molar-refractivity contribution in [2.24, 2.45) is 0 Å². The van der Waals surface area contributed by atoms with Gasteiger partial charge in [0.25, 0.3) is 0 Å². The van der Waals surface area contributed by atoms with Crippen LogP contribution in [0.5, 0.6) is 0 Å². The molecular formula is C17H11ClF3IN4. The molecule has 3 rings (SSSR count). The van der Waals surface area contributed by atoms with Crippen molar-refractivity contribution in [1.82, 2.24) is 9.97 Å². The summed E-state index contributed by atoms with van der Waals surface area (Å²) in [6.07, 6.45) is -3.83. The zero-order chi connectivity index (χ0) is 18.7. The van der Waals surface area contributed by atoms with E-state index in [0.717, 1.165) is 9.77 Å². The molecule has 2 N–H and O–H groups in total. The first-order valence-corrected chi connectivity index (χ1v) is 8.76. The van der Waals surface area contributed by atoms with Crippen molar-refractivity contribution in [2.45, 2.75) is 6.18 Å². The molecule has 0 radical (unpaired) electrons. The summed E-state index contributed by atoms with van der Waals surface area (Å²) in [5, 5.41) is 6.12. The Kier molecular flexibility index (Phi) is 5.52. The molecule has 134 valence electrons. The van der Waals surface area contributed by atoms with E-state index in [-0.39, 0.29) is 11.8 Å². The van der Waals surface area contributed by atoms with Crippen molar-refractivity contribution in [3.05, 3.63) is 68.9 Å². The molecule has 3 aromatic rings. The summed E-state index contributed by atoms with van der Waals surface area (Å²) in [7, 11) is 0. The van der Waals surface area contributed by atoms with E-state index in [1.54, 1.807) is 42.5 Å². The molecule has 0 bridgehead atoms. The van der Waals surface area contributed by atoms with Gasteiger partial charge in [-0.05, 0) is 65.1 Å². The van der Waals surface area contributed by atoms with Gasteiger partial charge in [0.15, 0.2) is 0 Å². The Morgan fingerprint density at radius 2 is 1.69 bits per heavy atom. The maximum absolute atomic E-state index is 13.3. The Hall–Kier alpha value is -2.07. The first kappa shape index (κ1) is 18.7. The van der Waals surface area contributed by atoms with Gasteiger partial charge in [-0.1, -0.05) is 17.7 Å². The summed E-state index contributed by atoms with van der Waals surface area (Å²) < 4.78 is 40.7. The molecule has 1 heterocycles. The number of alkyl halides is 3. The fourth-order valence-electron chi connectivity index (χ4n) is 2.11. The average molecular weight is 491 g/mol. The third-order valence-electron chi connectivity index (χ3n) is 3.28. The van der Waals surface area contributed by atoms with Crippen LogP contribution >= 0.6 is 34.2 Å². The predicted molar refractivity (Wildman–Crippen MR) is 104 cm³/mol. The highest BCUT2D eigenvalue weighted by molar-refractivity contribution is 14.1. The Labute approximate surface area is 166 Å². The van der Waals surface area contributed by atoms with Crippen molar-refractivity contribution in [3.8, 4) is 0 Å². The lowest BCUT2D eigenvalue weighted by atomic mass is 10.2. The molecule has 4 nitrogen and oxygen atoms in total. The molecule has 0 aliphatic rings. The SMILES string of the molecule is FC(F)(F)c1cnc(Nc2ccc(Cl)cc2)nc1Nc1cccc(I)c1. The van der Waals surface area contributed by atoms with Gasteiger partial charge in [-0.25, -0.2) is 4.98 Å². The van der Waals surface area contributed by atoms with Crippen LogP contribution in [0.25, 0.3) is 0 Å². The van der Waals surface area contributed by atoms with E-state index in [2.05, 4.69) is 43.2 Å². The largest absolute Gasteiger partial charge is 0.421 e. The number of benzene rings is 2. The average Bonchev–Trinajstić information content (AvgIpc) is 2.56. The minimum atomic E-state index is -4.58. The zero-order valence-corrected chi connectivity index (χ0v) is 15.9. The van der Waals surface area contributed by atoms with Crippen molar-refractivity contribution in [3.63, 3.8) is 0 Å². The van der Waals surface area contributed by atoms with Crippen LogP contribution in [0.1, 0.15) is 5.56 Å². The van der Waals surface area contributed by atoms with Crippen LogP contribution in [0.2, 0.25) is 5.02 Å². The topological polar surface area (TPSA) is 49.8 Å². The predicted octanol–water partition coefficient (Wildman–Crippen LogP) is 6.24. The quantitative estimate of drug-likeness (QED) is 0.425. The molecule has 9 heteroatoms. The molecule has 0 atom stereocenters. The van der Waals surface area contributed by atoms with Gasteiger partial charge in [0.2, 0.25) is 5.95 Å². The van der Waals surface area contributed by atoms with Crippen LogP contribution in [-0.4, -0.2) is 9.97 Å². The summed E-state index contributed by atoms with van der Waals surface area (Å²) >= 11 is 7.90. The van der Waals surface area contributed by atoms with Crippen molar-refractivity contribution in [2.75, 3.05) is 10.6 Å². The molecule has 1 aromatic heterocycles. The molecular weight excluding hydrogens is 480 g/mol. The second-order valence-electron chi connectivity index (χ2n) is 5.22. The maximum atomic E-state index is 13.3. The van der Waals surface area contributed by atoms with E-state index in [1.165, 1.54) is 0 Å². The first-order valence-electron chi connectivity index (χ1n) is 7.31. The summed E-state index contributed by atoms with van der Waals surface area (Å²) in [5.74, 6) is -0.292. The second kappa shape index (κ2) is 7.67. The van der Waals surface area contributed by atoms with Crippen LogP contribution in [-0.2, 0) is 6.18 Å². The van der Waals surface area contributed by atoms with Gasteiger partial charge in [0.05, 0.1) is 0 Å². The number of halogens is 5. The standard InChI is InChI=1S/C17H11ClF3IN4/c18-10-4-6-12(7-5-10)25-16-23-9-14(17(19,20)21)15(26-16)24-13-3-1-2-11(22)8-13/h1-9H,(H2,23,24,25,26). The van der Waals surface area contributed by atoms with E-state index < -0.39 is 11.7 Å². The maximum Gasteiger partial charge on any atom is 0.421 e. The number of hydrogen-bond donors (Lipinski definition) is 2. The van der Waals surface area contributed by atoms with E-state index >= 15 is 0 Å². The molecule has 26 heavy (non-hydrogen) atoms. The Bertz CT molecular complexity index is 917. The smallest absolute Gasteiger partial charge is 0.340 e. The van der Waals surface area contributed by atoms with Crippen molar-refractivity contribution < 1.29 is 13.2 Å². The minimum absolute atomic E-state index is 0.0356. The highest BCUT2D eigenvalue weighted by Crippen LogP contribution is 2.35. The van der Waals surface area contributed by atoms with E-state index in [9.17, 15) is 13.2 Å². The van der Waals surface area contributed by atoms with Gasteiger partial charge in [-0.3, -0.25) is 0 Å². The van der Waals surface area contributed by atoms with Gasteiger partial charge in [0, 0.05) is 26.2 Å². The lowest BCUT2D eigenvalue weighted by molar-refractivity contribution is -0.137. The van der Waals surface area contributed by atoms with E-state index in [1.807, 2.05) is 6.07 Å². The Morgan fingerprint density at radius 3 is 2.35 bits per heavy atom. The summed E-state index contributed by atoms with van der Waals surface area (Å²) in [6, 6.07) is 13.6. The lowest BCUT2D eigenvalue weighted by Gasteiger charge is -2.15. The second-order valence-corrected chi connectivity index (χ2v) is 6.90. The first-order chi connectivity index (χ1) is 12.3. The van der Waals surface area contributed by atoms with Crippen LogP contribution in [0.3, 0.4) is 0 Å². The van der Waals surface area contributed by atoms with Gasteiger partial charge < -0.3 is 10.6 Å². The third kappa shape index (κ3) is 4.76. The number of anilines is 4. The van der Waals surface area contributed by atoms with Gasteiger partial charge in [-0.15, -0.1) is 0 Å². The highest BCUT2D eigenvalue weighted by Gasteiger charge is 2.35. The third-order valence-corrected chi connectivity index (χ3v) is 4.20. The van der Waals surface area contributed by atoms with Gasteiger partial charge in [-0.2, -0.15) is 18.2 Å². The van der Waals surface area contributed by atoms with Crippen LogP contribution in [0, 0.1) is 3.57 Å². The molecule has 0 aliphatic heterocycles. The number of aromatic nitrogens is 2. The number of nitrogens with one attached hydrogen (secondary N) is 2. The minimum Gasteiger partial charge on any atom is -0.340 e. The zero-order valence-electron chi connectivity index (χ0n) is 13.0. The fourth-order valence-corrected chi connectivity index (χ4v) is 2.78. The molecule has 0 saturated carbocycles.